The normalized spacial score (nSPS) is 15.0. The molecule has 1 N–H and O–H groups in total. The molecule has 0 radical (unpaired) electrons. The van der Waals surface area contributed by atoms with Crippen molar-refractivity contribution in [3.63, 3.8) is 0 Å². The van der Waals surface area contributed by atoms with Crippen molar-refractivity contribution in [3.8, 4) is 5.69 Å². The summed E-state index contributed by atoms with van der Waals surface area (Å²) in [6, 6.07) is 9.48. The van der Waals surface area contributed by atoms with E-state index in [2.05, 4.69) is 4.90 Å². The van der Waals surface area contributed by atoms with E-state index in [1.807, 2.05) is 6.92 Å². The molecular weight excluding hydrogens is 392 g/mol. The van der Waals surface area contributed by atoms with Crippen LogP contribution in [0.5, 0.6) is 0 Å². The average molecular weight is 413 g/mol. The fourth-order valence-corrected chi connectivity index (χ4v) is 3.93. The predicted octanol–water partition coefficient (Wildman–Crippen LogP) is 3.11. The Morgan fingerprint density at radius 3 is 2.37 bits per heavy atom. The largest absolute Gasteiger partial charge is 0.477 e. The monoisotopic (exact) mass is 413 g/mol. The van der Waals surface area contributed by atoms with Crippen LogP contribution in [0.2, 0.25) is 0 Å². The number of fused-ring (bicyclic) bond motifs is 1. The van der Waals surface area contributed by atoms with Gasteiger partial charge in [-0.15, -0.1) is 0 Å². The minimum atomic E-state index is -1.45. The number of hydrogen-bond donors (Lipinski definition) is 1. The van der Waals surface area contributed by atoms with Crippen molar-refractivity contribution in [1.82, 2.24) is 9.47 Å². The Labute approximate surface area is 171 Å². The second-order valence-electron chi connectivity index (χ2n) is 7.22. The molecule has 0 amide bonds. The van der Waals surface area contributed by atoms with E-state index in [1.165, 1.54) is 4.57 Å². The third kappa shape index (κ3) is 3.33. The van der Waals surface area contributed by atoms with Crippen molar-refractivity contribution in [2.45, 2.75) is 6.92 Å². The van der Waals surface area contributed by atoms with Gasteiger partial charge in [-0.1, -0.05) is 25.1 Å². The lowest BCUT2D eigenvalue weighted by Gasteiger charge is -2.36. The van der Waals surface area contributed by atoms with Crippen molar-refractivity contribution in [2.24, 2.45) is 0 Å². The van der Waals surface area contributed by atoms with Crippen LogP contribution >= 0.6 is 0 Å². The first-order valence-electron chi connectivity index (χ1n) is 9.75. The molecule has 30 heavy (non-hydrogen) atoms. The number of benzene rings is 2. The maximum atomic E-state index is 15.8. The lowest BCUT2D eigenvalue weighted by Crippen LogP contribution is -2.46. The third-order valence-corrected chi connectivity index (χ3v) is 5.56. The Morgan fingerprint density at radius 2 is 1.77 bits per heavy atom. The zero-order valence-corrected chi connectivity index (χ0v) is 16.4. The van der Waals surface area contributed by atoms with Crippen LogP contribution in [0, 0.1) is 11.6 Å². The van der Waals surface area contributed by atoms with Gasteiger partial charge in [-0.2, -0.15) is 0 Å². The highest BCUT2D eigenvalue weighted by Gasteiger charge is 2.27. The lowest BCUT2D eigenvalue weighted by atomic mass is 10.1. The van der Waals surface area contributed by atoms with Crippen molar-refractivity contribution in [2.75, 3.05) is 37.6 Å². The molecule has 8 heteroatoms. The predicted molar refractivity (Wildman–Crippen MR) is 111 cm³/mol. The van der Waals surface area contributed by atoms with Crippen LogP contribution < -0.4 is 10.3 Å². The second kappa shape index (κ2) is 7.87. The first kappa shape index (κ1) is 20.0. The smallest absolute Gasteiger partial charge is 0.341 e. The molecule has 1 aliphatic rings. The maximum absolute atomic E-state index is 15.8. The number of nitrogens with zero attached hydrogens (tertiary/aromatic N) is 3. The molecule has 0 saturated carbocycles. The van der Waals surface area contributed by atoms with Crippen LogP contribution in [0.1, 0.15) is 17.3 Å². The quantitative estimate of drug-likeness (QED) is 0.712. The summed E-state index contributed by atoms with van der Waals surface area (Å²) in [5, 5.41) is 9.13. The highest BCUT2D eigenvalue weighted by Crippen LogP contribution is 2.32. The molecule has 1 fully saturated rings. The van der Waals surface area contributed by atoms with E-state index in [9.17, 15) is 14.7 Å². The maximum Gasteiger partial charge on any atom is 0.341 e. The molecule has 2 aromatic carbocycles. The number of hydrogen-bond acceptors (Lipinski definition) is 4. The Bertz CT molecular complexity index is 1170. The second-order valence-corrected chi connectivity index (χ2v) is 7.22. The van der Waals surface area contributed by atoms with E-state index in [0.29, 0.717) is 31.9 Å². The van der Waals surface area contributed by atoms with Crippen LogP contribution in [0.4, 0.5) is 14.5 Å². The van der Waals surface area contributed by atoms with E-state index >= 15 is 8.78 Å². The summed E-state index contributed by atoms with van der Waals surface area (Å²) < 4.78 is 32.1. The Hall–Kier alpha value is -3.26. The molecule has 0 bridgehead atoms. The summed E-state index contributed by atoms with van der Waals surface area (Å²) in [6.45, 7) is 5.16. The molecule has 4 rings (SSSR count). The van der Waals surface area contributed by atoms with Crippen molar-refractivity contribution >= 4 is 22.6 Å². The van der Waals surface area contributed by atoms with Crippen LogP contribution in [0.3, 0.4) is 0 Å². The van der Waals surface area contributed by atoms with E-state index in [1.54, 1.807) is 35.2 Å². The number of aromatic nitrogens is 1. The zero-order valence-electron chi connectivity index (χ0n) is 16.4. The SMILES string of the molecule is CCN1CCN(c2c(F)cc3c(=O)c(C(=O)O)cn(-c4ccccc4)c3c2F)CC1. The van der Waals surface area contributed by atoms with Gasteiger partial charge in [-0.25, -0.2) is 13.6 Å². The number of likely N-dealkylation sites (N-methyl/N-ethyl adjacent to an activating group) is 1. The van der Waals surface area contributed by atoms with Gasteiger partial charge < -0.3 is 19.5 Å². The number of halogens is 2. The Kier molecular flexibility index (Phi) is 5.26. The fourth-order valence-electron chi connectivity index (χ4n) is 3.93. The molecule has 156 valence electrons. The number of pyridine rings is 1. The average Bonchev–Trinajstić information content (AvgIpc) is 2.75. The minimum absolute atomic E-state index is 0.134. The molecule has 1 aromatic heterocycles. The summed E-state index contributed by atoms with van der Waals surface area (Å²) in [4.78, 5) is 28.1. The molecule has 3 aromatic rings. The number of para-hydroxylation sites is 1. The molecule has 0 unspecified atom stereocenters. The Morgan fingerprint density at radius 1 is 1.10 bits per heavy atom. The highest BCUT2D eigenvalue weighted by molar-refractivity contribution is 5.94. The van der Waals surface area contributed by atoms with Gasteiger partial charge >= 0.3 is 5.97 Å². The van der Waals surface area contributed by atoms with Crippen molar-refractivity contribution in [3.05, 3.63) is 70.0 Å². The van der Waals surface area contributed by atoms with Gasteiger partial charge in [-0.05, 0) is 24.7 Å². The molecule has 1 aliphatic heterocycles. The highest BCUT2D eigenvalue weighted by atomic mass is 19.1. The van der Waals surface area contributed by atoms with E-state index in [-0.39, 0.29) is 16.6 Å². The molecule has 0 aliphatic carbocycles. The van der Waals surface area contributed by atoms with Crippen molar-refractivity contribution in [1.29, 1.82) is 0 Å². The van der Waals surface area contributed by atoms with Crippen LogP contribution in [-0.2, 0) is 0 Å². The van der Waals surface area contributed by atoms with E-state index < -0.39 is 28.6 Å². The van der Waals surface area contributed by atoms with Gasteiger partial charge in [0.2, 0.25) is 5.43 Å². The van der Waals surface area contributed by atoms with Gasteiger partial charge in [0.15, 0.2) is 5.82 Å². The lowest BCUT2D eigenvalue weighted by molar-refractivity contribution is 0.0695. The van der Waals surface area contributed by atoms with Gasteiger partial charge in [0, 0.05) is 38.1 Å². The number of aromatic carboxylic acids is 1. The number of piperazine rings is 1. The summed E-state index contributed by atoms with van der Waals surface area (Å²) >= 11 is 0. The molecule has 0 spiro atoms. The van der Waals surface area contributed by atoms with E-state index in [0.717, 1.165) is 18.8 Å². The van der Waals surface area contributed by atoms with Crippen LogP contribution in [0.25, 0.3) is 16.6 Å². The van der Waals surface area contributed by atoms with Gasteiger partial charge in [0.1, 0.15) is 17.1 Å². The summed E-state index contributed by atoms with van der Waals surface area (Å²) in [7, 11) is 0. The van der Waals surface area contributed by atoms with Gasteiger partial charge in [0.05, 0.1) is 10.9 Å². The molecule has 0 atom stereocenters. The number of carboxylic acid groups (broad SMARTS) is 1. The summed E-state index contributed by atoms with van der Waals surface area (Å²) in [5.74, 6) is -3.19. The molecular formula is C22H21F2N3O3. The van der Waals surface area contributed by atoms with Crippen molar-refractivity contribution < 1.29 is 18.7 Å². The number of anilines is 1. The number of rotatable bonds is 4. The summed E-state index contributed by atoms with van der Waals surface area (Å²) in [6.07, 6.45) is 1.10. The summed E-state index contributed by atoms with van der Waals surface area (Å²) in [5.41, 5.74) is -1.31. The van der Waals surface area contributed by atoms with Crippen LogP contribution in [-0.4, -0.2) is 53.3 Å². The van der Waals surface area contributed by atoms with Gasteiger partial charge in [-0.3, -0.25) is 4.79 Å². The topological polar surface area (TPSA) is 65.8 Å². The van der Waals surface area contributed by atoms with Gasteiger partial charge in [0.25, 0.3) is 0 Å². The zero-order chi connectivity index (χ0) is 21.4. The molecule has 1 saturated heterocycles. The number of carbonyl (C=O) groups is 1. The first-order valence-corrected chi connectivity index (χ1v) is 9.75. The fraction of sp³-hybridized carbons (Fsp3) is 0.273. The number of carboxylic acids is 1. The van der Waals surface area contributed by atoms with Crippen LogP contribution in [0.15, 0.2) is 47.4 Å². The standard InChI is InChI=1S/C22H21F2N3O3/c1-2-25-8-10-26(11-9-25)20-17(23)12-15-19(18(20)24)27(14-6-4-3-5-7-14)13-16(21(15)28)22(29)30/h3-7,12-13H,2,8-11H2,1H3,(H,29,30). The molecule has 6 nitrogen and oxygen atoms in total. The third-order valence-electron chi connectivity index (χ3n) is 5.56. The van der Waals surface area contributed by atoms with E-state index in [4.69, 9.17) is 0 Å². The minimum Gasteiger partial charge on any atom is -0.477 e. The first-order chi connectivity index (χ1) is 14.4. The molecule has 2 heterocycles. The Balaban J connectivity index is 1.99.